The molecule has 0 fully saturated rings. The van der Waals surface area contributed by atoms with Crippen molar-refractivity contribution in [3.05, 3.63) is 64.0 Å². The van der Waals surface area contributed by atoms with Gasteiger partial charge in [-0.1, -0.05) is 41.9 Å². The third-order valence-electron chi connectivity index (χ3n) is 3.13. The van der Waals surface area contributed by atoms with Crippen LogP contribution in [0.5, 0.6) is 5.75 Å². The number of rotatable bonds is 4. The summed E-state index contributed by atoms with van der Waals surface area (Å²) in [6.45, 7) is 1.03. The monoisotopic (exact) mass is 303 g/mol. The average molecular weight is 304 g/mol. The van der Waals surface area contributed by atoms with Crippen LogP contribution in [0.15, 0.2) is 48.5 Å². The van der Waals surface area contributed by atoms with Crippen molar-refractivity contribution in [1.29, 1.82) is 0 Å². The molecule has 0 aliphatic carbocycles. The van der Waals surface area contributed by atoms with Crippen LogP contribution in [-0.2, 0) is 13.2 Å². The molecule has 4 heteroatoms. The number of benzene rings is 2. The number of hydrogen-bond acceptors (Lipinski definition) is 3. The van der Waals surface area contributed by atoms with Crippen LogP contribution >= 0.6 is 22.9 Å². The second-order valence-corrected chi connectivity index (χ2v) is 5.99. The molecule has 0 amide bonds. The average Bonchev–Trinajstić information content (AvgIpc) is 2.83. The minimum absolute atomic E-state index is 0.486. The molecule has 0 saturated carbocycles. The number of thiophene rings is 1. The molecule has 3 aromatic rings. The van der Waals surface area contributed by atoms with Gasteiger partial charge in [-0.2, -0.15) is 0 Å². The van der Waals surface area contributed by atoms with Crippen LogP contribution < -0.4 is 10.5 Å². The quantitative estimate of drug-likeness (QED) is 0.765. The Hall–Kier alpha value is -1.55. The van der Waals surface area contributed by atoms with E-state index in [9.17, 15) is 0 Å². The predicted molar refractivity (Wildman–Crippen MR) is 85.5 cm³/mol. The van der Waals surface area contributed by atoms with E-state index in [1.165, 1.54) is 4.70 Å². The molecule has 0 aliphatic heterocycles. The van der Waals surface area contributed by atoms with Gasteiger partial charge in [-0.25, -0.2) is 0 Å². The molecule has 0 spiro atoms. The number of hydrogen-bond donors (Lipinski definition) is 1. The Balaban J connectivity index is 1.77. The maximum Gasteiger partial charge on any atom is 0.124 e. The normalized spacial score (nSPS) is 10.9. The van der Waals surface area contributed by atoms with Crippen LogP contribution in [0, 0.1) is 0 Å². The minimum Gasteiger partial charge on any atom is -0.488 e. The van der Waals surface area contributed by atoms with Crippen LogP contribution in [0.2, 0.25) is 5.02 Å². The summed E-state index contributed by atoms with van der Waals surface area (Å²) >= 11 is 8.06. The van der Waals surface area contributed by atoms with Gasteiger partial charge in [0.15, 0.2) is 0 Å². The smallest absolute Gasteiger partial charge is 0.124 e. The van der Waals surface area contributed by atoms with Crippen molar-refractivity contribution in [1.82, 2.24) is 0 Å². The molecule has 20 heavy (non-hydrogen) atoms. The van der Waals surface area contributed by atoms with E-state index < -0.39 is 0 Å². The molecule has 0 unspecified atom stereocenters. The molecule has 3 rings (SSSR count). The van der Waals surface area contributed by atoms with Gasteiger partial charge < -0.3 is 10.5 Å². The van der Waals surface area contributed by atoms with Crippen LogP contribution in [-0.4, -0.2) is 0 Å². The van der Waals surface area contributed by atoms with E-state index in [0.717, 1.165) is 26.6 Å². The number of halogens is 1. The van der Waals surface area contributed by atoms with Gasteiger partial charge in [0.25, 0.3) is 0 Å². The fourth-order valence-electron chi connectivity index (χ4n) is 2.03. The fraction of sp³-hybridized carbons (Fsp3) is 0.125. The third kappa shape index (κ3) is 2.66. The van der Waals surface area contributed by atoms with Crippen LogP contribution in [0.3, 0.4) is 0 Å². The molecule has 0 bridgehead atoms. The molecule has 2 nitrogen and oxygen atoms in total. The van der Waals surface area contributed by atoms with Crippen molar-refractivity contribution in [2.24, 2.45) is 5.73 Å². The van der Waals surface area contributed by atoms with Gasteiger partial charge in [-0.05, 0) is 23.8 Å². The third-order valence-corrected chi connectivity index (χ3v) is 4.82. The van der Waals surface area contributed by atoms with Gasteiger partial charge in [0.05, 0.1) is 9.90 Å². The largest absolute Gasteiger partial charge is 0.488 e. The van der Waals surface area contributed by atoms with Gasteiger partial charge in [0.1, 0.15) is 12.4 Å². The van der Waals surface area contributed by atoms with Crippen molar-refractivity contribution in [2.75, 3.05) is 0 Å². The number of ether oxygens (including phenoxy) is 1. The standard InChI is InChI=1S/C16H14ClNOS/c17-16-13-3-1-2-4-14(13)20-15(16)10-19-12-7-5-11(9-18)6-8-12/h1-8H,9-10,18H2. The summed E-state index contributed by atoms with van der Waals surface area (Å²) in [6.07, 6.45) is 0. The molecule has 0 saturated heterocycles. The zero-order valence-electron chi connectivity index (χ0n) is 10.8. The predicted octanol–water partition coefficient (Wildman–Crippen LogP) is 4.59. The molecular weight excluding hydrogens is 290 g/mol. The highest BCUT2D eigenvalue weighted by Gasteiger charge is 2.10. The van der Waals surface area contributed by atoms with Crippen molar-refractivity contribution < 1.29 is 4.74 Å². The highest BCUT2D eigenvalue weighted by Crippen LogP contribution is 2.35. The first-order valence-electron chi connectivity index (χ1n) is 6.35. The van der Waals surface area contributed by atoms with Crippen molar-refractivity contribution in [2.45, 2.75) is 13.2 Å². The van der Waals surface area contributed by atoms with E-state index in [1.807, 2.05) is 42.5 Å². The maximum atomic E-state index is 6.38. The van der Waals surface area contributed by atoms with Gasteiger partial charge in [-0.15, -0.1) is 11.3 Å². The second kappa shape index (κ2) is 5.83. The van der Waals surface area contributed by atoms with Crippen molar-refractivity contribution >= 4 is 33.0 Å². The Morgan fingerprint density at radius 3 is 2.50 bits per heavy atom. The summed E-state index contributed by atoms with van der Waals surface area (Å²) in [6, 6.07) is 15.9. The highest BCUT2D eigenvalue weighted by atomic mass is 35.5. The minimum atomic E-state index is 0.486. The maximum absolute atomic E-state index is 6.38. The molecule has 0 radical (unpaired) electrons. The van der Waals surface area contributed by atoms with E-state index in [1.54, 1.807) is 11.3 Å². The summed E-state index contributed by atoms with van der Waals surface area (Å²) < 4.78 is 6.98. The van der Waals surface area contributed by atoms with Gasteiger partial charge in [-0.3, -0.25) is 0 Å². The van der Waals surface area contributed by atoms with Gasteiger partial charge >= 0.3 is 0 Å². The lowest BCUT2D eigenvalue weighted by atomic mass is 10.2. The van der Waals surface area contributed by atoms with E-state index in [0.29, 0.717) is 13.2 Å². The van der Waals surface area contributed by atoms with E-state index >= 15 is 0 Å². The van der Waals surface area contributed by atoms with Crippen LogP contribution in [0.25, 0.3) is 10.1 Å². The number of nitrogens with two attached hydrogens (primary N) is 1. The Kier molecular flexibility index (Phi) is 3.92. The fourth-order valence-corrected chi connectivity index (χ4v) is 3.43. The Morgan fingerprint density at radius 2 is 1.80 bits per heavy atom. The van der Waals surface area contributed by atoms with Crippen molar-refractivity contribution in [3.63, 3.8) is 0 Å². The molecule has 0 atom stereocenters. The molecule has 1 aromatic heterocycles. The zero-order chi connectivity index (χ0) is 13.9. The van der Waals surface area contributed by atoms with E-state index in [-0.39, 0.29) is 0 Å². The van der Waals surface area contributed by atoms with Crippen LogP contribution in [0.1, 0.15) is 10.4 Å². The van der Waals surface area contributed by atoms with Crippen LogP contribution in [0.4, 0.5) is 0 Å². The van der Waals surface area contributed by atoms with E-state index in [4.69, 9.17) is 22.1 Å². The highest BCUT2D eigenvalue weighted by molar-refractivity contribution is 7.19. The Morgan fingerprint density at radius 1 is 1.05 bits per heavy atom. The Bertz CT molecular complexity index is 721. The first-order chi connectivity index (χ1) is 9.78. The Labute approximate surface area is 126 Å². The molecule has 2 aromatic carbocycles. The summed E-state index contributed by atoms with van der Waals surface area (Å²) in [5.41, 5.74) is 6.67. The molecule has 102 valence electrons. The van der Waals surface area contributed by atoms with Crippen molar-refractivity contribution in [3.8, 4) is 5.75 Å². The second-order valence-electron chi connectivity index (χ2n) is 4.47. The molecule has 0 aliphatic rings. The van der Waals surface area contributed by atoms with Gasteiger partial charge in [0.2, 0.25) is 0 Å². The topological polar surface area (TPSA) is 35.2 Å². The lowest BCUT2D eigenvalue weighted by molar-refractivity contribution is 0.310. The molecule has 2 N–H and O–H groups in total. The number of fused-ring (bicyclic) bond motifs is 1. The lowest BCUT2D eigenvalue weighted by Crippen LogP contribution is -1.97. The summed E-state index contributed by atoms with van der Waals surface area (Å²) in [7, 11) is 0. The summed E-state index contributed by atoms with van der Waals surface area (Å²) in [4.78, 5) is 1.05. The molecular formula is C16H14ClNOS. The summed E-state index contributed by atoms with van der Waals surface area (Å²) in [5, 5.41) is 1.89. The summed E-state index contributed by atoms with van der Waals surface area (Å²) in [5.74, 6) is 0.829. The SMILES string of the molecule is NCc1ccc(OCc2sc3ccccc3c2Cl)cc1. The van der Waals surface area contributed by atoms with E-state index in [2.05, 4.69) is 6.07 Å². The van der Waals surface area contributed by atoms with Gasteiger partial charge in [0, 0.05) is 16.6 Å². The molecule has 1 heterocycles. The zero-order valence-corrected chi connectivity index (χ0v) is 12.4. The first-order valence-corrected chi connectivity index (χ1v) is 7.55. The lowest BCUT2D eigenvalue weighted by Gasteiger charge is -2.05. The first kappa shape index (κ1) is 13.4.